The molecule has 1 N–H and O–H groups in total. The highest BCUT2D eigenvalue weighted by atomic mass is 16.1. The number of nitrogens with zero attached hydrogens (tertiary/aromatic N) is 2. The Kier molecular flexibility index (Phi) is 4.51. The molecule has 2 aromatic carbocycles. The molecule has 0 fully saturated rings. The number of benzene rings is 2. The summed E-state index contributed by atoms with van der Waals surface area (Å²) in [5.41, 5.74) is 4.63. The SMILES string of the molecule is CN(C)c1ccc(NC(=O)CCN2CCc3ccccc32)cc1. The van der Waals surface area contributed by atoms with E-state index in [2.05, 4.69) is 34.5 Å². The van der Waals surface area contributed by atoms with Crippen LogP contribution in [-0.4, -0.2) is 33.1 Å². The lowest BCUT2D eigenvalue weighted by molar-refractivity contribution is -0.116. The molecule has 120 valence electrons. The lowest BCUT2D eigenvalue weighted by atomic mass is 10.2. The van der Waals surface area contributed by atoms with Crippen molar-refractivity contribution in [2.45, 2.75) is 12.8 Å². The highest BCUT2D eigenvalue weighted by molar-refractivity contribution is 5.91. The summed E-state index contributed by atoms with van der Waals surface area (Å²) in [7, 11) is 4.00. The minimum atomic E-state index is 0.0620. The highest BCUT2D eigenvalue weighted by Gasteiger charge is 2.18. The molecule has 0 bridgehead atoms. The number of carbonyl (C=O) groups excluding carboxylic acids is 1. The zero-order valence-corrected chi connectivity index (χ0v) is 13.7. The molecule has 1 aliphatic rings. The van der Waals surface area contributed by atoms with Crippen LogP contribution in [0.15, 0.2) is 48.5 Å². The normalized spacial score (nSPS) is 12.9. The van der Waals surface area contributed by atoms with Gasteiger partial charge in [-0.1, -0.05) is 18.2 Å². The van der Waals surface area contributed by atoms with E-state index in [9.17, 15) is 4.79 Å². The van der Waals surface area contributed by atoms with Crippen LogP contribution in [0, 0.1) is 0 Å². The molecular formula is C19H23N3O. The smallest absolute Gasteiger partial charge is 0.226 e. The number of hydrogen-bond donors (Lipinski definition) is 1. The molecule has 4 heteroatoms. The molecule has 0 aliphatic carbocycles. The lowest BCUT2D eigenvalue weighted by Gasteiger charge is -2.19. The largest absolute Gasteiger partial charge is 0.378 e. The molecule has 0 unspecified atom stereocenters. The van der Waals surface area contributed by atoms with E-state index in [0.29, 0.717) is 6.42 Å². The summed E-state index contributed by atoms with van der Waals surface area (Å²) in [6, 6.07) is 16.3. The van der Waals surface area contributed by atoms with Crippen LogP contribution in [0.25, 0.3) is 0 Å². The Labute approximate surface area is 137 Å². The highest BCUT2D eigenvalue weighted by Crippen LogP contribution is 2.27. The summed E-state index contributed by atoms with van der Waals surface area (Å²) < 4.78 is 0. The number of amides is 1. The van der Waals surface area contributed by atoms with E-state index in [4.69, 9.17) is 0 Å². The fourth-order valence-corrected chi connectivity index (χ4v) is 2.94. The van der Waals surface area contributed by atoms with Gasteiger partial charge in [-0.25, -0.2) is 0 Å². The first-order chi connectivity index (χ1) is 11.1. The standard InChI is InChI=1S/C19H23N3O/c1-21(2)17-9-7-16(8-10-17)20-19(23)12-14-22-13-11-15-5-3-4-6-18(15)22/h3-10H,11-14H2,1-2H3,(H,20,23). The van der Waals surface area contributed by atoms with Crippen LogP contribution in [0.1, 0.15) is 12.0 Å². The van der Waals surface area contributed by atoms with Crippen LogP contribution < -0.4 is 15.1 Å². The van der Waals surface area contributed by atoms with Gasteiger partial charge in [-0.2, -0.15) is 0 Å². The Morgan fingerprint density at radius 3 is 2.61 bits per heavy atom. The van der Waals surface area contributed by atoms with Gasteiger partial charge >= 0.3 is 0 Å². The zero-order valence-electron chi connectivity index (χ0n) is 13.7. The van der Waals surface area contributed by atoms with E-state index in [0.717, 1.165) is 30.9 Å². The molecule has 2 aromatic rings. The first-order valence-corrected chi connectivity index (χ1v) is 8.03. The first-order valence-electron chi connectivity index (χ1n) is 8.03. The average Bonchev–Trinajstić information content (AvgIpc) is 2.97. The fourth-order valence-electron chi connectivity index (χ4n) is 2.94. The maximum Gasteiger partial charge on any atom is 0.226 e. The summed E-state index contributed by atoms with van der Waals surface area (Å²) in [6.07, 6.45) is 1.58. The molecule has 0 saturated carbocycles. The van der Waals surface area contributed by atoms with Crippen molar-refractivity contribution in [1.82, 2.24) is 0 Å². The van der Waals surface area contributed by atoms with Gasteiger partial charge in [0, 0.05) is 50.7 Å². The maximum atomic E-state index is 12.2. The summed E-state index contributed by atoms with van der Waals surface area (Å²) in [4.78, 5) is 16.5. The average molecular weight is 309 g/mol. The molecule has 3 rings (SSSR count). The molecule has 23 heavy (non-hydrogen) atoms. The van der Waals surface area contributed by atoms with Crippen molar-refractivity contribution in [1.29, 1.82) is 0 Å². The van der Waals surface area contributed by atoms with Crippen molar-refractivity contribution < 1.29 is 4.79 Å². The van der Waals surface area contributed by atoms with Crippen LogP contribution in [-0.2, 0) is 11.2 Å². The van der Waals surface area contributed by atoms with Crippen LogP contribution >= 0.6 is 0 Å². The second-order valence-electron chi connectivity index (χ2n) is 6.11. The van der Waals surface area contributed by atoms with Crippen molar-refractivity contribution in [3.05, 3.63) is 54.1 Å². The number of hydrogen-bond acceptors (Lipinski definition) is 3. The van der Waals surface area contributed by atoms with Crippen LogP contribution in [0.3, 0.4) is 0 Å². The molecule has 1 amide bonds. The third kappa shape index (κ3) is 3.65. The topological polar surface area (TPSA) is 35.6 Å². The third-order valence-corrected chi connectivity index (χ3v) is 4.26. The van der Waals surface area contributed by atoms with Crippen LogP contribution in [0.2, 0.25) is 0 Å². The predicted molar refractivity (Wildman–Crippen MR) is 96.4 cm³/mol. The Balaban J connectivity index is 1.52. The van der Waals surface area contributed by atoms with Crippen molar-refractivity contribution in [2.75, 3.05) is 42.3 Å². The van der Waals surface area contributed by atoms with Gasteiger partial charge in [-0.05, 0) is 42.3 Å². The Hall–Kier alpha value is -2.49. The minimum absolute atomic E-state index is 0.0620. The Bertz CT molecular complexity index is 679. The second kappa shape index (κ2) is 6.73. The van der Waals surface area contributed by atoms with Gasteiger partial charge in [-0.15, -0.1) is 0 Å². The lowest BCUT2D eigenvalue weighted by Crippen LogP contribution is -2.26. The van der Waals surface area contributed by atoms with Gasteiger partial charge in [0.15, 0.2) is 0 Å². The number of rotatable bonds is 5. The molecule has 1 heterocycles. The molecule has 0 atom stereocenters. The zero-order chi connectivity index (χ0) is 16.2. The molecule has 0 radical (unpaired) electrons. The fraction of sp³-hybridized carbons (Fsp3) is 0.316. The van der Waals surface area contributed by atoms with Crippen molar-refractivity contribution in [3.63, 3.8) is 0 Å². The Morgan fingerprint density at radius 2 is 1.87 bits per heavy atom. The summed E-state index contributed by atoms with van der Waals surface area (Å²) in [6.45, 7) is 1.77. The van der Waals surface area contributed by atoms with Crippen molar-refractivity contribution in [3.8, 4) is 0 Å². The van der Waals surface area contributed by atoms with E-state index in [1.165, 1.54) is 11.3 Å². The number of para-hydroxylation sites is 1. The molecule has 0 saturated heterocycles. The van der Waals surface area contributed by atoms with Crippen LogP contribution in [0.4, 0.5) is 17.1 Å². The van der Waals surface area contributed by atoms with Gasteiger partial charge in [0.25, 0.3) is 0 Å². The van der Waals surface area contributed by atoms with Crippen molar-refractivity contribution >= 4 is 23.0 Å². The van der Waals surface area contributed by atoms with Crippen molar-refractivity contribution in [2.24, 2.45) is 0 Å². The first kappa shape index (κ1) is 15.4. The van der Waals surface area contributed by atoms with Gasteiger partial charge < -0.3 is 15.1 Å². The summed E-state index contributed by atoms with van der Waals surface area (Å²) >= 11 is 0. The van der Waals surface area contributed by atoms with E-state index < -0.39 is 0 Å². The number of nitrogens with one attached hydrogen (secondary N) is 1. The number of anilines is 3. The van der Waals surface area contributed by atoms with Gasteiger partial charge in [-0.3, -0.25) is 4.79 Å². The van der Waals surface area contributed by atoms with E-state index in [1.54, 1.807) is 0 Å². The van der Waals surface area contributed by atoms with E-state index in [1.807, 2.05) is 43.3 Å². The van der Waals surface area contributed by atoms with Gasteiger partial charge in [0.2, 0.25) is 5.91 Å². The maximum absolute atomic E-state index is 12.2. The summed E-state index contributed by atoms with van der Waals surface area (Å²) in [5.74, 6) is 0.0620. The summed E-state index contributed by atoms with van der Waals surface area (Å²) in [5, 5.41) is 2.97. The third-order valence-electron chi connectivity index (χ3n) is 4.26. The molecule has 0 spiro atoms. The van der Waals surface area contributed by atoms with E-state index >= 15 is 0 Å². The molecular weight excluding hydrogens is 286 g/mol. The monoisotopic (exact) mass is 309 g/mol. The van der Waals surface area contributed by atoms with Gasteiger partial charge in [0.05, 0.1) is 0 Å². The molecule has 0 aromatic heterocycles. The number of fused-ring (bicyclic) bond motifs is 1. The minimum Gasteiger partial charge on any atom is -0.378 e. The second-order valence-corrected chi connectivity index (χ2v) is 6.11. The van der Waals surface area contributed by atoms with E-state index in [-0.39, 0.29) is 5.91 Å². The molecule has 1 aliphatic heterocycles. The quantitative estimate of drug-likeness (QED) is 0.921. The molecule has 4 nitrogen and oxygen atoms in total. The Morgan fingerprint density at radius 1 is 1.13 bits per heavy atom. The predicted octanol–water partition coefficient (Wildman–Crippen LogP) is 3.14. The van der Waals surface area contributed by atoms with Gasteiger partial charge in [0.1, 0.15) is 0 Å². The number of carbonyl (C=O) groups is 1. The van der Waals surface area contributed by atoms with Crippen LogP contribution in [0.5, 0.6) is 0 Å².